The van der Waals surface area contributed by atoms with E-state index in [4.69, 9.17) is 0 Å². The Morgan fingerprint density at radius 1 is 1.10 bits per heavy atom. The van der Waals surface area contributed by atoms with Gasteiger partial charge in [0, 0.05) is 50.2 Å². The van der Waals surface area contributed by atoms with Crippen LogP contribution in [0.1, 0.15) is 29.0 Å². The van der Waals surface area contributed by atoms with Gasteiger partial charge in [-0.25, -0.2) is 14.6 Å². The van der Waals surface area contributed by atoms with E-state index in [0.717, 1.165) is 36.2 Å². The Kier molecular flexibility index (Phi) is 5.69. The number of nitrogens with one attached hydrogen (secondary N) is 2. The molecule has 4 rings (SSSR count). The Morgan fingerprint density at radius 2 is 1.97 bits per heavy atom. The van der Waals surface area contributed by atoms with Gasteiger partial charge in [0.1, 0.15) is 17.5 Å². The van der Waals surface area contributed by atoms with Gasteiger partial charge in [-0.2, -0.15) is 5.10 Å². The smallest absolute Gasteiger partial charge is 0.251 e. The maximum absolute atomic E-state index is 12.5. The van der Waals surface area contributed by atoms with E-state index in [1.807, 2.05) is 43.5 Å². The van der Waals surface area contributed by atoms with Crippen LogP contribution in [0.15, 0.2) is 48.8 Å². The molecule has 0 radical (unpaired) electrons. The third-order valence-corrected chi connectivity index (χ3v) is 4.85. The monoisotopic (exact) mass is 391 g/mol. The third-order valence-electron chi connectivity index (χ3n) is 4.85. The molecule has 8 nitrogen and oxygen atoms in total. The average molecular weight is 391 g/mol. The second-order valence-electron chi connectivity index (χ2n) is 7.04. The number of aryl methyl sites for hydroxylation is 1. The number of carbonyl (C=O) groups excluding carboxylic acids is 1. The van der Waals surface area contributed by atoms with Crippen molar-refractivity contribution in [3.63, 3.8) is 0 Å². The molecule has 0 aliphatic carbocycles. The minimum atomic E-state index is -0.113. The second-order valence-corrected chi connectivity index (χ2v) is 7.04. The van der Waals surface area contributed by atoms with Crippen molar-refractivity contribution in [1.29, 1.82) is 0 Å². The SMILES string of the molecule is Cc1nc(NCCNC(=O)c2cccc(-n3cccn3)c2)cc(N2CCCC2)n1. The molecule has 3 heterocycles. The number of hydrogen-bond donors (Lipinski definition) is 2. The fourth-order valence-electron chi connectivity index (χ4n) is 3.43. The maximum atomic E-state index is 12.5. The molecule has 29 heavy (non-hydrogen) atoms. The fraction of sp³-hybridized carbons (Fsp3) is 0.333. The summed E-state index contributed by atoms with van der Waals surface area (Å²) < 4.78 is 1.73. The molecule has 2 N–H and O–H groups in total. The summed E-state index contributed by atoms with van der Waals surface area (Å²) in [6.07, 6.45) is 5.97. The minimum Gasteiger partial charge on any atom is -0.368 e. The van der Waals surface area contributed by atoms with Crippen LogP contribution in [0.5, 0.6) is 0 Å². The molecule has 0 bridgehead atoms. The highest BCUT2D eigenvalue weighted by molar-refractivity contribution is 5.94. The van der Waals surface area contributed by atoms with E-state index in [1.54, 1.807) is 16.9 Å². The summed E-state index contributed by atoms with van der Waals surface area (Å²) >= 11 is 0. The second kappa shape index (κ2) is 8.72. The molecule has 0 saturated carbocycles. The molecule has 1 aliphatic heterocycles. The quantitative estimate of drug-likeness (QED) is 0.602. The Labute approximate surface area is 170 Å². The van der Waals surface area contributed by atoms with E-state index >= 15 is 0 Å². The number of rotatable bonds is 7. The standard InChI is InChI=1S/C21H25N7O/c1-16-25-19(15-20(26-16)27-11-2-3-12-27)22-9-10-23-21(29)17-6-4-7-18(14-17)28-13-5-8-24-28/h4-8,13-15H,2-3,9-12H2,1H3,(H,23,29)(H,22,25,26). The highest BCUT2D eigenvalue weighted by Crippen LogP contribution is 2.20. The Bertz CT molecular complexity index is 965. The number of benzene rings is 1. The van der Waals surface area contributed by atoms with Crippen LogP contribution in [-0.2, 0) is 0 Å². The summed E-state index contributed by atoms with van der Waals surface area (Å²) in [4.78, 5) is 23.7. The zero-order valence-electron chi connectivity index (χ0n) is 16.5. The van der Waals surface area contributed by atoms with E-state index in [0.29, 0.717) is 18.7 Å². The zero-order valence-corrected chi connectivity index (χ0v) is 16.5. The van der Waals surface area contributed by atoms with Gasteiger partial charge < -0.3 is 15.5 Å². The molecule has 150 valence electrons. The maximum Gasteiger partial charge on any atom is 0.251 e. The molecular formula is C21H25N7O. The summed E-state index contributed by atoms with van der Waals surface area (Å²) in [6, 6.07) is 11.2. The number of anilines is 2. The molecule has 2 aromatic heterocycles. The van der Waals surface area contributed by atoms with E-state index in [2.05, 4.69) is 30.6 Å². The first kappa shape index (κ1) is 18.9. The topological polar surface area (TPSA) is 88.0 Å². The van der Waals surface area contributed by atoms with Crippen LogP contribution < -0.4 is 15.5 Å². The normalized spacial score (nSPS) is 13.5. The predicted molar refractivity (Wildman–Crippen MR) is 113 cm³/mol. The van der Waals surface area contributed by atoms with Gasteiger partial charge >= 0.3 is 0 Å². The average Bonchev–Trinajstić information content (AvgIpc) is 3.45. The lowest BCUT2D eigenvalue weighted by Gasteiger charge is -2.17. The van der Waals surface area contributed by atoms with Crippen LogP contribution in [0.4, 0.5) is 11.6 Å². The van der Waals surface area contributed by atoms with E-state index in [-0.39, 0.29) is 5.91 Å². The lowest BCUT2D eigenvalue weighted by molar-refractivity contribution is 0.0955. The van der Waals surface area contributed by atoms with Crippen molar-refractivity contribution in [1.82, 2.24) is 25.1 Å². The molecule has 1 fully saturated rings. The first-order chi connectivity index (χ1) is 14.2. The van der Waals surface area contributed by atoms with Gasteiger partial charge in [-0.3, -0.25) is 4.79 Å². The molecule has 1 aromatic carbocycles. The lowest BCUT2D eigenvalue weighted by atomic mass is 10.2. The number of aromatic nitrogens is 4. The summed E-state index contributed by atoms with van der Waals surface area (Å²) in [5.41, 5.74) is 1.46. The number of amides is 1. The van der Waals surface area contributed by atoms with Crippen molar-refractivity contribution < 1.29 is 4.79 Å². The first-order valence-electron chi connectivity index (χ1n) is 9.92. The van der Waals surface area contributed by atoms with Gasteiger partial charge in [0.25, 0.3) is 5.91 Å². The van der Waals surface area contributed by atoms with Crippen molar-refractivity contribution in [2.45, 2.75) is 19.8 Å². The van der Waals surface area contributed by atoms with Crippen molar-refractivity contribution in [2.75, 3.05) is 36.4 Å². The molecular weight excluding hydrogens is 366 g/mol. The van der Waals surface area contributed by atoms with Crippen molar-refractivity contribution in [3.05, 3.63) is 60.2 Å². The molecule has 0 spiro atoms. The number of nitrogens with zero attached hydrogens (tertiary/aromatic N) is 5. The molecule has 1 amide bonds. The summed E-state index contributed by atoms with van der Waals surface area (Å²) in [6.45, 7) is 5.07. The molecule has 0 unspecified atom stereocenters. The Morgan fingerprint density at radius 3 is 2.76 bits per heavy atom. The van der Waals surface area contributed by atoms with Crippen LogP contribution in [0, 0.1) is 6.92 Å². The third kappa shape index (κ3) is 4.71. The summed E-state index contributed by atoms with van der Waals surface area (Å²) in [5, 5.41) is 10.4. The van der Waals surface area contributed by atoms with E-state index in [9.17, 15) is 4.79 Å². The van der Waals surface area contributed by atoms with Crippen molar-refractivity contribution >= 4 is 17.5 Å². The van der Waals surface area contributed by atoms with Gasteiger partial charge in [0.15, 0.2) is 0 Å². The van der Waals surface area contributed by atoms with Crippen molar-refractivity contribution in [3.8, 4) is 5.69 Å². The van der Waals surface area contributed by atoms with Crippen molar-refractivity contribution in [2.24, 2.45) is 0 Å². The number of carbonyl (C=O) groups is 1. The Hall–Kier alpha value is -3.42. The van der Waals surface area contributed by atoms with Crippen LogP contribution in [0.25, 0.3) is 5.69 Å². The van der Waals surface area contributed by atoms with Gasteiger partial charge in [-0.1, -0.05) is 6.07 Å². The lowest BCUT2D eigenvalue weighted by Crippen LogP contribution is -2.29. The minimum absolute atomic E-state index is 0.113. The fourth-order valence-corrected chi connectivity index (χ4v) is 3.43. The van der Waals surface area contributed by atoms with Gasteiger partial charge in [-0.05, 0) is 44.0 Å². The first-order valence-corrected chi connectivity index (χ1v) is 9.92. The summed E-state index contributed by atoms with van der Waals surface area (Å²) in [5.74, 6) is 2.39. The predicted octanol–water partition coefficient (Wildman–Crippen LogP) is 2.41. The van der Waals surface area contributed by atoms with Crippen LogP contribution >= 0.6 is 0 Å². The van der Waals surface area contributed by atoms with Crippen LogP contribution in [0.3, 0.4) is 0 Å². The van der Waals surface area contributed by atoms with E-state index in [1.165, 1.54) is 12.8 Å². The van der Waals surface area contributed by atoms with Crippen LogP contribution in [-0.4, -0.2) is 51.8 Å². The molecule has 3 aromatic rings. The van der Waals surface area contributed by atoms with E-state index < -0.39 is 0 Å². The van der Waals surface area contributed by atoms with Gasteiger partial charge in [0.05, 0.1) is 5.69 Å². The summed E-state index contributed by atoms with van der Waals surface area (Å²) in [7, 11) is 0. The number of hydrogen-bond acceptors (Lipinski definition) is 6. The molecule has 8 heteroatoms. The zero-order chi connectivity index (χ0) is 20.1. The molecule has 1 saturated heterocycles. The van der Waals surface area contributed by atoms with Gasteiger partial charge in [0.2, 0.25) is 0 Å². The Balaban J connectivity index is 1.30. The largest absolute Gasteiger partial charge is 0.368 e. The van der Waals surface area contributed by atoms with Crippen LogP contribution in [0.2, 0.25) is 0 Å². The van der Waals surface area contributed by atoms with Gasteiger partial charge in [-0.15, -0.1) is 0 Å². The molecule has 1 aliphatic rings. The highest BCUT2D eigenvalue weighted by Gasteiger charge is 2.15. The molecule has 0 atom stereocenters. The highest BCUT2D eigenvalue weighted by atomic mass is 16.1.